The van der Waals surface area contributed by atoms with Gasteiger partial charge in [0.25, 0.3) is 0 Å². The number of carbonyl (C=O) groups excluding carboxylic acids is 1. The molecule has 2 aromatic carbocycles. The van der Waals surface area contributed by atoms with Gasteiger partial charge in [0.05, 0.1) is 11.7 Å². The number of hydrogen-bond donors (Lipinski definition) is 0. The van der Waals surface area contributed by atoms with E-state index >= 15 is 0 Å². The molecular formula is C29H32FN3O2S. The Morgan fingerprint density at radius 2 is 1.83 bits per heavy atom. The van der Waals surface area contributed by atoms with Gasteiger partial charge in [-0.2, -0.15) is 5.10 Å². The van der Waals surface area contributed by atoms with Gasteiger partial charge in [-0.3, -0.25) is 4.68 Å². The van der Waals surface area contributed by atoms with Gasteiger partial charge in [-0.1, -0.05) is 17.9 Å². The van der Waals surface area contributed by atoms with Gasteiger partial charge >= 0.3 is 6.09 Å². The lowest BCUT2D eigenvalue weighted by Gasteiger charge is -2.33. The topological polar surface area (TPSA) is 47.4 Å². The largest absolute Gasteiger partial charge is 0.444 e. The number of benzene rings is 2. The fraction of sp³-hybridized carbons (Fsp3) is 0.379. The normalized spacial score (nSPS) is 14.3. The number of thioether (sulfide) groups is 1. The molecule has 1 aromatic heterocycles. The van der Waals surface area contributed by atoms with Gasteiger partial charge in [0.1, 0.15) is 11.4 Å². The number of piperidine rings is 1. The summed E-state index contributed by atoms with van der Waals surface area (Å²) in [7, 11) is 0. The summed E-state index contributed by atoms with van der Waals surface area (Å²) in [6.07, 6.45) is 3.51. The number of amides is 1. The number of rotatable bonds is 4. The molecule has 0 bridgehead atoms. The third-order valence-electron chi connectivity index (χ3n) is 5.85. The summed E-state index contributed by atoms with van der Waals surface area (Å²) >= 11 is 1.71. The summed E-state index contributed by atoms with van der Waals surface area (Å²) in [6, 6.07) is 14.8. The van der Waals surface area contributed by atoms with Crippen LogP contribution in [0.3, 0.4) is 0 Å². The summed E-state index contributed by atoms with van der Waals surface area (Å²) < 4.78 is 20.7. The minimum atomic E-state index is -0.480. The molecule has 5 nitrogen and oxygen atoms in total. The first-order chi connectivity index (χ1) is 17.2. The maximum absolute atomic E-state index is 13.2. The predicted molar refractivity (Wildman–Crippen MR) is 141 cm³/mol. The number of ether oxygens (including phenoxy) is 1. The van der Waals surface area contributed by atoms with Crippen LogP contribution in [0.1, 0.15) is 62.0 Å². The Balaban J connectivity index is 1.36. The predicted octanol–water partition coefficient (Wildman–Crippen LogP) is 6.59. The molecule has 1 amide bonds. The highest BCUT2D eigenvalue weighted by Gasteiger charge is 2.27. The van der Waals surface area contributed by atoms with Crippen molar-refractivity contribution >= 4 is 17.9 Å². The summed E-state index contributed by atoms with van der Waals surface area (Å²) in [5.74, 6) is 6.86. The van der Waals surface area contributed by atoms with E-state index in [9.17, 15) is 9.18 Å². The molecule has 1 fully saturated rings. The molecule has 0 saturated carbocycles. The lowest BCUT2D eigenvalue weighted by Crippen LogP contribution is -2.42. The highest BCUT2D eigenvalue weighted by molar-refractivity contribution is 7.98. The van der Waals surface area contributed by atoms with E-state index in [2.05, 4.69) is 36.1 Å². The van der Waals surface area contributed by atoms with Crippen LogP contribution in [0.5, 0.6) is 0 Å². The minimum absolute atomic E-state index is 0.241. The fourth-order valence-electron chi connectivity index (χ4n) is 3.99. The van der Waals surface area contributed by atoms with Gasteiger partial charge in [0.15, 0.2) is 0 Å². The average molecular weight is 506 g/mol. The van der Waals surface area contributed by atoms with Crippen LogP contribution in [0.25, 0.3) is 0 Å². The Hall–Kier alpha value is -3.24. The lowest BCUT2D eigenvalue weighted by atomic mass is 10.1. The number of hydrogen-bond acceptors (Lipinski definition) is 4. The summed E-state index contributed by atoms with van der Waals surface area (Å²) in [5, 5.41) is 4.82. The van der Waals surface area contributed by atoms with Crippen LogP contribution in [0.15, 0.2) is 59.6 Å². The van der Waals surface area contributed by atoms with Gasteiger partial charge in [0, 0.05) is 41.1 Å². The van der Waals surface area contributed by atoms with E-state index < -0.39 is 5.60 Å². The van der Waals surface area contributed by atoms with Crippen molar-refractivity contribution < 1.29 is 13.9 Å². The molecule has 0 unspecified atom stereocenters. The van der Waals surface area contributed by atoms with E-state index in [-0.39, 0.29) is 18.0 Å². The molecule has 4 rings (SSSR count). The molecule has 0 N–H and O–H groups in total. The third kappa shape index (κ3) is 7.14. The quantitative estimate of drug-likeness (QED) is 0.296. The van der Waals surface area contributed by atoms with E-state index in [1.165, 1.54) is 12.1 Å². The van der Waals surface area contributed by atoms with Crippen LogP contribution in [0.2, 0.25) is 0 Å². The van der Waals surface area contributed by atoms with Crippen molar-refractivity contribution in [2.24, 2.45) is 0 Å². The third-order valence-corrected chi connectivity index (χ3v) is 6.96. The zero-order chi connectivity index (χ0) is 25.7. The molecule has 0 atom stereocenters. The fourth-order valence-corrected chi connectivity index (χ4v) is 4.88. The second-order valence-electron chi connectivity index (χ2n) is 10.0. The summed E-state index contributed by atoms with van der Waals surface area (Å²) in [5.41, 5.74) is 3.41. The minimum Gasteiger partial charge on any atom is -0.444 e. The molecule has 1 aliphatic heterocycles. The Kier molecular flexibility index (Phi) is 8.05. The highest BCUT2D eigenvalue weighted by Crippen LogP contribution is 2.28. The van der Waals surface area contributed by atoms with Gasteiger partial charge in [-0.25, -0.2) is 9.18 Å². The first-order valence-electron chi connectivity index (χ1n) is 12.2. The Labute approximate surface area is 217 Å². The zero-order valence-corrected chi connectivity index (χ0v) is 22.1. The van der Waals surface area contributed by atoms with Crippen molar-refractivity contribution in [2.75, 3.05) is 13.1 Å². The first-order valence-corrected chi connectivity index (χ1v) is 13.2. The smallest absolute Gasteiger partial charge is 0.410 e. The standard InChI is InChI=1S/C29H32FN3O2S/c1-21-5-12-27(23(19-21)9-6-22-7-10-24(30)11-8-22)36-20-25-13-18-33(31-25)26-14-16-32(17-15-26)28(34)35-29(2,3)4/h5,7-8,10-13,18-19,26H,14-17,20H2,1-4H3. The number of nitrogens with zero attached hydrogens (tertiary/aromatic N) is 3. The molecular weight excluding hydrogens is 473 g/mol. The molecule has 0 radical (unpaired) electrons. The molecule has 3 aromatic rings. The molecule has 1 aliphatic rings. The maximum Gasteiger partial charge on any atom is 0.410 e. The number of aromatic nitrogens is 2. The van der Waals surface area contributed by atoms with Crippen molar-refractivity contribution in [3.05, 3.63) is 82.9 Å². The van der Waals surface area contributed by atoms with Crippen molar-refractivity contribution in [3.8, 4) is 11.8 Å². The molecule has 7 heteroatoms. The number of aryl methyl sites for hydroxylation is 1. The van der Waals surface area contributed by atoms with E-state index in [1.807, 2.05) is 38.6 Å². The monoisotopic (exact) mass is 505 g/mol. The second-order valence-corrected chi connectivity index (χ2v) is 11.0. The zero-order valence-electron chi connectivity index (χ0n) is 21.3. The molecule has 188 valence electrons. The second kappa shape index (κ2) is 11.2. The summed E-state index contributed by atoms with van der Waals surface area (Å²) in [6.45, 7) is 9.05. The van der Waals surface area contributed by atoms with Gasteiger partial charge in [-0.05, 0) is 88.6 Å². The first kappa shape index (κ1) is 25.8. The SMILES string of the molecule is Cc1ccc(SCc2ccn(C3CCN(C(=O)OC(C)(C)C)CC3)n2)c(C#Cc2ccc(F)cc2)c1. The molecule has 36 heavy (non-hydrogen) atoms. The van der Waals surface area contributed by atoms with Crippen LogP contribution in [-0.4, -0.2) is 39.5 Å². The van der Waals surface area contributed by atoms with Crippen molar-refractivity contribution in [1.82, 2.24) is 14.7 Å². The van der Waals surface area contributed by atoms with Crippen LogP contribution in [0, 0.1) is 24.6 Å². The van der Waals surface area contributed by atoms with Gasteiger partial charge < -0.3 is 9.64 Å². The highest BCUT2D eigenvalue weighted by atomic mass is 32.2. The van der Waals surface area contributed by atoms with Gasteiger partial charge in [0.2, 0.25) is 0 Å². The maximum atomic E-state index is 13.2. The van der Waals surface area contributed by atoms with Crippen molar-refractivity contribution in [2.45, 2.75) is 62.8 Å². The van der Waals surface area contributed by atoms with Crippen LogP contribution in [-0.2, 0) is 10.5 Å². The lowest BCUT2D eigenvalue weighted by molar-refractivity contribution is 0.0184. The van der Waals surface area contributed by atoms with E-state index in [0.717, 1.165) is 45.9 Å². The molecule has 0 aliphatic carbocycles. The number of halogens is 1. The Morgan fingerprint density at radius 3 is 2.53 bits per heavy atom. The van der Waals surface area contributed by atoms with E-state index in [0.29, 0.717) is 13.1 Å². The molecule has 0 spiro atoms. The Morgan fingerprint density at radius 1 is 1.11 bits per heavy atom. The average Bonchev–Trinajstić information content (AvgIpc) is 3.31. The van der Waals surface area contributed by atoms with Crippen LogP contribution < -0.4 is 0 Å². The summed E-state index contributed by atoms with van der Waals surface area (Å²) in [4.78, 5) is 15.2. The number of carbonyl (C=O) groups is 1. The van der Waals surface area contributed by atoms with Crippen molar-refractivity contribution in [1.29, 1.82) is 0 Å². The molecule has 1 saturated heterocycles. The number of likely N-dealkylation sites (tertiary alicyclic amines) is 1. The van der Waals surface area contributed by atoms with E-state index in [4.69, 9.17) is 9.84 Å². The van der Waals surface area contributed by atoms with Crippen molar-refractivity contribution in [3.63, 3.8) is 0 Å². The van der Waals surface area contributed by atoms with E-state index in [1.54, 1.807) is 28.8 Å². The van der Waals surface area contributed by atoms with Crippen LogP contribution in [0.4, 0.5) is 9.18 Å². The molecule has 2 heterocycles. The van der Waals surface area contributed by atoms with Gasteiger partial charge in [-0.15, -0.1) is 11.8 Å². The van der Waals surface area contributed by atoms with Crippen LogP contribution >= 0.6 is 11.8 Å². The Bertz CT molecular complexity index is 1260.